The van der Waals surface area contributed by atoms with Crippen molar-refractivity contribution in [3.8, 4) is 6.07 Å². The van der Waals surface area contributed by atoms with Gasteiger partial charge in [-0.2, -0.15) is 5.26 Å². The lowest BCUT2D eigenvalue weighted by Gasteiger charge is -1.70. The Bertz CT molecular complexity index is 93.1. The van der Waals surface area contributed by atoms with E-state index in [1.165, 1.54) is 6.07 Å². The summed E-state index contributed by atoms with van der Waals surface area (Å²) in [5.41, 5.74) is 0. The van der Waals surface area contributed by atoms with Crippen LogP contribution in [0.2, 0.25) is 0 Å². The minimum Gasteiger partial charge on any atom is -0.480 e. The summed E-state index contributed by atoms with van der Waals surface area (Å²) in [6, 6.07) is 1.47. The Morgan fingerprint density at radius 2 is 2.12 bits per heavy atom. The molecule has 0 amide bonds. The summed E-state index contributed by atoms with van der Waals surface area (Å²) in [5.74, 6) is -1.07. The quantitative estimate of drug-likeness (QED) is 0.554. The number of nitriles is 1. The summed E-state index contributed by atoms with van der Waals surface area (Å²) < 4.78 is 0. The SMILES string of the molecule is CC.N#CCC(=O)O. The molecule has 0 aromatic heterocycles. The van der Waals surface area contributed by atoms with Gasteiger partial charge in [0.05, 0.1) is 6.07 Å². The molecule has 8 heavy (non-hydrogen) atoms. The van der Waals surface area contributed by atoms with Crippen LogP contribution >= 0.6 is 0 Å². The van der Waals surface area contributed by atoms with Crippen LogP contribution in [0.3, 0.4) is 0 Å². The van der Waals surface area contributed by atoms with Crippen molar-refractivity contribution in [2.45, 2.75) is 20.3 Å². The van der Waals surface area contributed by atoms with Gasteiger partial charge in [-0.3, -0.25) is 4.79 Å². The Morgan fingerprint density at radius 1 is 1.75 bits per heavy atom. The maximum Gasteiger partial charge on any atom is 0.317 e. The minimum absolute atomic E-state index is 0.403. The monoisotopic (exact) mass is 115 g/mol. The number of carbonyl (C=O) groups is 1. The van der Waals surface area contributed by atoms with Gasteiger partial charge in [0, 0.05) is 0 Å². The van der Waals surface area contributed by atoms with Gasteiger partial charge in [-0.25, -0.2) is 0 Å². The largest absolute Gasteiger partial charge is 0.480 e. The predicted octanol–water partition coefficient (Wildman–Crippen LogP) is 1.01. The van der Waals surface area contributed by atoms with E-state index in [9.17, 15) is 4.79 Å². The first-order chi connectivity index (χ1) is 3.77. The van der Waals surface area contributed by atoms with Crippen LogP contribution < -0.4 is 0 Å². The van der Waals surface area contributed by atoms with E-state index in [2.05, 4.69) is 0 Å². The first-order valence-corrected chi connectivity index (χ1v) is 2.36. The van der Waals surface area contributed by atoms with Gasteiger partial charge >= 0.3 is 5.97 Å². The van der Waals surface area contributed by atoms with E-state index in [0.29, 0.717) is 0 Å². The molecular formula is C5H9NO2. The van der Waals surface area contributed by atoms with Gasteiger partial charge in [0.1, 0.15) is 6.42 Å². The molecule has 0 heterocycles. The van der Waals surface area contributed by atoms with Crippen molar-refractivity contribution >= 4 is 5.97 Å². The number of nitrogens with zero attached hydrogens (tertiary/aromatic N) is 1. The van der Waals surface area contributed by atoms with E-state index < -0.39 is 12.4 Å². The summed E-state index contributed by atoms with van der Waals surface area (Å²) in [7, 11) is 0. The molecule has 0 radical (unpaired) electrons. The Labute approximate surface area is 48.6 Å². The molecule has 3 nitrogen and oxygen atoms in total. The van der Waals surface area contributed by atoms with Crippen molar-refractivity contribution in [3.05, 3.63) is 0 Å². The highest BCUT2D eigenvalue weighted by Crippen LogP contribution is 1.68. The molecule has 0 unspecified atom stereocenters. The molecule has 0 fully saturated rings. The van der Waals surface area contributed by atoms with E-state index in [1.807, 2.05) is 13.8 Å². The molecular weight excluding hydrogens is 106 g/mol. The summed E-state index contributed by atoms with van der Waals surface area (Å²) in [5, 5.41) is 15.3. The predicted molar refractivity (Wildman–Crippen MR) is 29.2 cm³/mol. The number of carboxylic acid groups (broad SMARTS) is 1. The molecule has 0 saturated carbocycles. The van der Waals surface area contributed by atoms with Crippen LogP contribution in [0.4, 0.5) is 0 Å². The summed E-state index contributed by atoms with van der Waals surface area (Å²) in [4.78, 5) is 9.38. The average Bonchev–Trinajstić information content (AvgIpc) is 1.72. The third-order valence-electron chi connectivity index (χ3n) is 0.230. The minimum atomic E-state index is -1.07. The van der Waals surface area contributed by atoms with Crippen molar-refractivity contribution in [1.29, 1.82) is 5.26 Å². The highest BCUT2D eigenvalue weighted by Gasteiger charge is 1.87. The van der Waals surface area contributed by atoms with E-state index in [-0.39, 0.29) is 0 Å². The van der Waals surface area contributed by atoms with Gasteiger partial charge in [0.15, 0.2) is 0 Å². The van der Waals surface area contributed by atoms with Gasteiger partial charge in [-0.05, 0) is 0 Å². The smallest absolute Gasteiger partial charge is 0.317 e. The number of hydrogen-bond donors (Lipinski definition) is 1. The lowest BCUT2D eigenvalue weighted by atomic mass is 10.5. The fraction of sp³-hybridized carbons (Fsp3) is 0.600. The van der Waals surface area contributed by atoms with Gasteiger partial charge in [-0.1, -0.05) is 13.8 Å². The molecule has 0 spiro atoms. The van der Waals surface area contributed by atoms with Crippen LogP contribution in [0.15, 0.2) is 0 Å². The molecule has 0 aromatic rings. The second-order valence-electron chi connectivity index (χ2n) is 0.729. The number of aliphatic carboxylic acids is 1. The first kappa shape index (κ1) is 10.0. The standard InChI is InChI=1S/C3H3NO2.C2H6/c4-2-1-3(5)6;1-2/h1H2,(H,5,6);1-2H3. The van der Waals surface area contributed by atoms with Gasteiger partial charge < -0.3 is 5.11 Å². The second kappa shape index (κ2) is 9.35. The summed E-state index contributed by atoms with van der Waals surface area (Å²) >= 11 is 0. The zero-order valence-electron chi connectivity index (χ0n) is 5.01. The van der Waals surface area contributed by atoms with Gasteiger partial charge in [0.25, 0.3) is 0 Å². The number of rotatable bonds is 1. The van der Waals surface area contributed by atoms with Crippen LogP contribution in [-0.4, -0.2) is 11.1 Å². The van der Waals surface area contributed by atoms with Crippen LogP contribution in [0, 0.1) is 11.3 Å². The van der Waals surface area contributed by atoms with Crippen LogP contribution in [0.1, 0.15) is 20.3 Å². The Hall–Kier alpha value is -1.04. The zero-order chi connectivity index (χ0) is 6.99. The Morgan fingerprint density at radius 3 is 2.12 bits per heavy atom. The fourth-order valence-corrected chi connectivity index (χ4v) is 0.0676. The lowest BCUT2D eigenvalue weighted by molar-refractivity contribution is -0.135. The normalized spacial score (nSPS) is 5.62. The average molecular weight is 115 g/mol. The summed E-state index contributed by atoms with van der Waals surface area (Å²) in [6.45, 7) is 4.00. The Kier molecular flexibility index (Phi) is 11.7. The van der Waals surface area contributed by atoms with Crippen LogP contribution in [0.25, 0.3) is 0 Å². The van der Waals surface area contributed by atoms with Crippen molar-refractivity contribution in [3.63, 3.8) is 0 Å². The number of hydrogen-bond acceptors (Lipinski definition) is 2. The molecule has 0 aromatic carbocycles. The van der Waals surface area contributed by atoms with Gasteiger partial charge in [-0.15, -0.1) is 0 Å². The molecule has 0 aliphatic heterocycles. The maximum atomic E-state index is 9.38. The lowest BCUT2D eigenvalue weighted by Crippen LogP contribution is -1.88. The molecule has 3 heteroatoms. The maximum absolute atomic E-state index is 9.38. The fourth-order valence-electron chi connectivity index (χ4n) is 0.0676. The van der Waals surface area contributed by atoms with E-state index in [1.54, 1.807) is 0 Å². The third kappa shape index (κ3) is 20.2. The third-order valence-corrected chi connectivity index (χ3v) is 0.230. The van der Waals surface area contributed by atoms with Crippen molar-refractivity contribution in [1.82, 2.24) is 0 Å². The summed E-state index contributed by atoms with van der Waals surface area (Å²) in [6.07, 6.45) is -0.403. The molecule has 0 saturated heterocycles. The van der Waals surface area contributed by atoms with Crippen molar-refractivity contribution in [2.24, 2.45) is 0 Å². The molecule has 46 valence electrons. The molecule has 0 rings (SSSR count). The molecule has 0 bridgehead atoms. The van der Waals surface area contributed by atoms with Gasteiger partial charge in [0.2, 0.25) is 0 Å². The molecule has 0 aliphatic carbocycles. The zero-order valence-corrected chi connectivity index (χ0v) is 5.01. The van der Waals surface area contributed by atoms with Crippen molar-refractivity contribution < 1.29 is 9.90 Å². The van der Waals surface area contributed by atoms with E-state index in [0.717, 1.165) is 0 Å². The van der Waals surface area contributed by atoms with Crippen LogP contribution in [0.5, 0.6) is 0 Å². The molecule has 0 aliphatic rings. The van der Waals surface area contributed by atoms with Crippen LogP contribution in [-0.2, 0) is 4.79 Å². The van der Waals surface area contributed by atoms with E-state index >= 15 is 0 Å². The highest BCUT2D eigenvalue weighted by atomic mass is 16.4. The highest BCUT2D eigenvalue weighted by molar-refractivity contribution is 5.69. The Balaban J connectivity index is 0. The number of carboxylic acids is 1. The van der Waals surface area contributed by atoms with Crippen molar-refractivity contribution in [2.75, 3.05) is 0 Å². The molecule has 1 N–H and O–H groups in total. The first-order valence-electron chi connectivity index (χ1n) is 2.36. The molecule has 0 atom stereocenters. The van der Waals surface area contributed by atoms with E-state index in [4.69, 9.17) is 10.4 Å². The second-order valence-corrected chi connectivity index (χ2v) is 0.729. The topological polar surface area (TPSA) is 61.1 Å².